The number of pyridine rings is 1. The average molecular weight is 432 g/mol. The minimum Gasteiger partial charge on any atom is -0.497 e. The van der Waals surface area contributed by atoms with Crippen molar-refractivity contribution in [1.29, 1.82) is 5.26 Å². The van der Waals surface area contributed by atoms with Crippen molar-refractivity contribution in [3.05, 3.63) is 70.6 Å². The van der Waals surface area contributed by atoms with Crippen LogP contribution in [0.2, 0.25) is 5.02 Å². The average Bonchev–Trinajstić information content (AvgIpc) is 2.68. The molecule has 0 atom stereocenters. The Bertz CT molecular complexity index is 1200. The van der Waals surface area contributed by atoms with Gasteiger partial charge in [-0.25, -0.2) is 12.8 Å². The molecular formula is C20H15ClFN3O3S. The van der Waals surface area contributed by atoms with E-state index in [-0.39, 0.29) is 16.5 Å². The molecule has 2 aromatic carbocycles. The summed E-state index contributed by atoms with van der Waals surface area (Å²) in [5.74, 6) is -0.664. The highest BCUT2D eigenvalue weighted by Crippen LogP contribution is 2.28. The van der Waals surface area contributed by atoms with Gasteiger partial charge in [0.05, 0.1) is 29.1 Å². The van der Waals surface area contributed by atoms with Crippen molar-refractivity contribution in [3.8, 4) is 23.1 Å². The summed E-state index contributed by atoms with van der Waals surface area (Å²) in [6, 6.07) is 13.4. The number of nitriles is 1. The number of nitrogens with one attached hydrogen (secondary N) is 1. The van der Waals surface area contributed by atoms with Crippen molar-refractivity contribution in [2.24, 2.45) is 0 Å². The third-order valence-electron chi connectivity index (χ3n) is 4.12. The van der Waals surface area contributed by atoms with E-state index in [1.807, 2.05) is 6.07 Å². The molecule has 6 nitrogen and oxygen atoms in total. The molecule has 0 radical (unpaired) electrons. The molecule has 0 spiro atoms. The summed E-state index contributed by atoms with van der Waals surface area (Å²) >= 11 is 6.11. The number of anilines is 1. The van der Waals surface area contributed by atoms with Crippen molar-refractivity contribution in [3.63, 3.8) is 0 Å². The van der Waals surface area contributed by atoms with Crippen LogP contribution in [0.1, 0.15) is 11.3 Å². The molecule has 1 heterocycles. The zero-order chi connectivity index (χ0) is 21.2. The molecule has 0 unspecified atom stereocenters. The molecule has 0 amide bonds. The summed E-state index contributed by atoms with van der Waals surface area (Å²) < 4.78 is 46.4. The lowest BCUT2D eigenvalue weighted by Crippen LogP contribution is -2.14. The van der Waals surface area contributed by atoms with E-state index in [1.165, 1.54) is 25.3 Å². The highest BCUT2D eigenvalue weighted by atomic mass is 35.5. The molecule has 0 bridgehead atoms. The first-order valence-corrected chi connectivity index (χ1v) is 10.2. The van der Waals surface area contributed by atoms with E-state index >= 15 is 0 Å². The van der Waals surface area contributed by atoms with Crippen molar-refractivity contribution >= 4 is 27.3 Å². The van der Waals surface area contributed by atoms with Crippen LogP contribution in [0.5, 0.6) is 5.75 Å². The van der Waals surface area contributed by atoms with Crippen molar-refractivity contribution in [1.82, 2.24) is 4.98 Å². The van der Waals surface area contributed by atoms with Gasteiger partial charge in [0.15, 0.2) is 0 Å². The van der Waals surface area contributed by atoms with Crippen LogP contribution in [0.25, 0.3) is 11.3 Å². The van der Waals surface area contributed by atoms with Gasteiger partial charge in [-0.3, -0.25) is 9.71 Å². The first-order chi connectivity index (χ1) is 13.7. The number of sulfonamides is 1. The molecule has 0 aliphatic heterocycles. The third kappa shape index (κ3) is 4.31. The fourth-order valence-electron chi connectivity index (χ4n) is 2.65. The number of aromatic nitrogens is 1. The normalized spacial score (nSPS) is 11.0. The first-order valence-electron chi connectivity index (χ1n) is 8.29. The van der Waals surface area contributed by atoms with E-state index in [2.05, 4.69) is 9.71 Å². The van der Waals surface area contributed by atoms with Crippen LogP contribution < -0.4 is 9.46 Å². The number of hydrogen-bond donors (Lipinski definition) is 1. The first kappa shape index (κ1) is 20.6. The van der Waals surface area contributed by atoms with Crippen LogP contribution in [-0.2, 0) is 10.0 Å². The molecule has 0 fully saturated rings. The van der Waals surface area contributed by atoms with Crippen LogP contribution in [0.3, 0.4) is 0 Å². The smallest absolute Gasteiger partial charge is 0.264 e. The van der Waals surface area contributed by atoms with E-state index < -0.39 is 20.7 Å². The van der Waals surface area contributed by atoms with E-state index in [0.717, 1.165) is 12.1 Å². The molecule has 0 saturated heterocycles. The minimum atomic E-state index is -4.15. The van der Waals surface area contributed by atoms with Gasteiger partial charge in [0, 0.05) is 17.3 Å². The maximum Gasteiger partial charge on any atom is 0.264 e. The molecule has 0 aliphatic carbocycles. The van der Waals surface area contributed by atoms with Crippen LogP contribution in [0, 0.1) is 24.1 Å². The molecule has 1 aromatic heterocycles. The lowest BCUT2D eigenvalue weighted by atomic mass is 10.1. The number of ether oxygens (including phenoxy) is 1. The summed E-state index contributed by atoms with van der Waals surface area (Å²) in [7, 11) is -2.79. The van der Waals surface area contributed by atoms with Gasteiger partial charge in [-0.1, -0.05) is 23.7 Å². The van der Waals surface area contributed by atoms with E-state index in [4.69, 9.17) is 21.6 Å². The summed E-state index contributed by atoms with van der Waals surface area (Å²) in [6.45, 7) is 1.68. The summed E-state index contributed by atoms with van der Waals surface area (Å²) in [5, 5.41) is 9.36. The largest absolute Gasteiger partial charge is 0.497 e. The summed E-state index contributed by atoms with van der Waals surface area (Å²) in [4.78, 5) is 3.83. The van der Waals surface area contributed by atoms with E-state index in [0.29, 0.717) is 22.5 Å². The maximum atomic E-state index is 14.0. The van der Waals surface area contributed by atoms with Crippen molar-refractivity contribution < 1.29 is 17.5 Å². The van der Waals surface area contributed by atoms with Crippen LogP contribution in [0.4, 0.5) is 10.1 Å². The molecule has 0 aliphatic rings. The number of aryl methyl sites for hydroxylation is 1. The Hall–Kier alpha value is -3.15. The number of nitrogens with zero attached hydrogens (tertiary/aromatic N) is 2. The molecule has 148 valence electrons. The fraction of sp³-hybridized carbons (Fsp3) is 0.100. The fourth-order valence-corrected chi connectivity index (χ4v) is 4.09. The van der Waals surface area contributed by atoms with Gasteiger partial charge in [-0.15, -0.1) is 0 Å². The molecule has 0 saturated carbocycles. The second kappa shape index (κ2) is 8.07. The molecule has 1 N–H and O–H groups in total. The molecular weight excluding hydrogens is 417 g/mol. The standard InChI is InChI=1S/C20H15ClFN3O3S/c1-12-16(11-23)17(21)10-19(24-12)13-3-5-14(6-4-13)25-29(26,27)20-9-15(28-2)7-8-18(20)22/h3-10,25H,1-2H3. The Morgan fingerprint density at radius 2 is 1.86 bits per heavy atom. The minimum absolute atomic E-state index is 0.223. The number of methoxy groups -OCH3 is 1. The lowest BCUT2D eigenvalue weighted by molar-refractivity contribution is 0.411. The molecule has 9 heteroatoms. The second-order valence-corrected chi connectivity index (χ2v) is 8.10. The van der Waals surface area contributed by atoms with Crippen molar-refractivity contribution in [2.45, 2.75) is 11.8 Å². The van der Waals surface area contributed by atoms with Crippen LogP contribution >= 0.6 is 11.6 Å². The predicted molar refractivity (Wildman–Crippen MR) is 108 cm³/mol. The number of halogens is 2. The lowest BCUT2D eigenvalue weighted by Gasteiger charge is -2.11. The number of benzene rings is 2. The zero-order valence-corrected chi connectivity index (χ0v) is 17.0. The molecule has 3 aromatic rings. The van der Waals surface area contributed by atoms with Gasteiger partial charge in [-0.05, 0) is 37.3 Å². The molecule has 29 heavy (non-hydrogen) atoms. The van der Waals surface area contributed by atoms with E-state index in [1.54, 1.807) is 25.1 Å². The monoisotopic (exact) mass is 431 g/mol. The molecule has 3 rings (SSSR count). The van der Waals surface area contributed by atoms with Gasteiger partial charge >= 0.3 is 0 Å². The van der Waals surface area contributed by atoms with E-state index in [9.17, 15) is 12.8 Å². The SMILES string of the molecule is COc1ccc(F)c(S(=O)(=O)Nc2ccc(-c3cc(Cl)c(C#N)c(C)n3)cc2)c1. The Kier molecular flexibility index (Phi) is 5.73. The summed E-state index contributed by atoms with van der Waals surface area (Å²) in [5.41, 5.74) is 2.26. The van der Waals surface area contributed by atoms with Gasteiger partial charge in [0.25, 0.3) is 10.0 Å². The topological polar surface area (TPSA) is 92.1 Å². The number of rotatable bonds is 5. The van der Waals surface area contributed by atoms with Gasteiger partial charge in [-0.2, -0.15) is 5.26 Å². The Morgan fingerprint density at radius 1 is 1.17 bits per heavy atom. The summed E-state index contributed by atoms with van der Waals surface area (Å²) in [6.07, 6.45) is 0. The second-order valence-electron chi connectivity index (χ2n) is 6.04. The Balaban J connectivity index is 1.89. The quantitative estimate of drug-likeness (QED) is 0.640. The zero-order valence-electron chi connectivity index (χ0n) is 15.4. The van der Waals surface area contributed by atoms with Gasteiger partial charge in [0.2, 0.25) is 0 Å². The Labute approximate surface area is 172 Å². The van der Waals surface area contributed by atoms with Crippen molar-refractivity contribution in [2.75, 3.05) is 11.8 Å². The van der Waals surface area contributed by atoms with Gasteiger partial charge < -0.3 is 4.74 Å². The predicted octanol–water partition coefficient (Wildman–Crippen LogP) is 4.53. The number of hydrogen-bond acceptors (Lipinski definition) is 5. The highest BCUT2D eigenvalue weighted by Gasteiger charge is 2.20. The van der Waals surface area contributed by atoms with Crippen LogP contribution in [0.15, 0.2) is 53.4 Å². The maximum absolute atomic E-state index is 14.0. The third-order valence-corrected chi connectivity index (χ3v) is 5.82. The van der Waals surface area contributed by atoms with Gasteiger partial charge in [0.1, 0.15) is 22.5 Å². The van der Waals surface area contributed by atoms with Crippen LogP contribution in [-0.4, -0.2) is 20.5 Å². The Morgan fingerprint density at radius 3 is 2.45 bits per heavy atom. The highest BCUT2D eigenvalue weighted by molar-refractivity contribution is 7.92.